The summed E-state index contributed by atoms with van der Waals surface area (Å²) in [7, 11) is 0. The fraction of sp³-hybridized carbons (Fsp3) is 0.778. The lowest BCUT2D eigenvalue weighted by molar-refractivity contribution is 0.0527. The van der Waals surface area contributed by atoms with E-state index in [0.717, 1.165) is 0 Å². The second-order valence-corrected chi connectivity index (χ2v) is 4.70. The number of alkyl carbamates (subject to hydrolysis) is 1. The summed E-state index contributed by atoms with van der Waals surface area (Å²) >= 11 is 0. The normalized spacial score (nSPS) is 11.1. The monoisotopic (exact) mass is 257 g/mol. The van der Waals surface area contributed by atoms with Gasteiger partial charge in [0, 0.05) is 13.1 Å². The van der Waals surface area contributed by atoms with Gasteiger partial charge < -0.3 is 10.1 Å². The second-order valence-electron chi connectivity index (χ2n) is 4.70. The standard InChI is InChI=1S/C9H19N7O2/c1-9(2,3)18-8(17)11-5-4-6-16(10)7-12-14-15-13-7/h4-6,10H2,1-3H3,(H,11,17)(H,12,13,14,15). The van der Waals surface area contributed by atoms with Gasteiger partial charge in [0.25, 0.3) is 5.95 Å². The predicted octanol–water partition coefficient (Wildman–Crippen LogP) is -0.205. The smallest absolute Gasteiger partial charge is 0.407 e. The first-order chi connectivity index (χ1) is 8.38. The molecule has 1 rings (SSSR count). The zero-order chi connectivity index (χ0) is 13.6. The van der Waals surface area contributed by atoms with Gasteiger partial charge in [0.05, 0.1) is 0 Å². The van der Waals surface area contributed by atoms with E-state index in [1.54, 1.807) is 0 Å². The van der Waals surface area contributed by atoms with E-state index in [0.29, 0.717) is 25.5 Å². The molecule has 1 aromatic heterocycles. The molecule has 0 atom stereocenters. The molecule has 1 aromatic rings. The third kappa shape index (κ3) is 5.43. The lowest BCUT2D eigenvalue weighted by Gasteiger charge is -2.20. The number of ether oxygens (including phenoxy) is 1. The molecule has 102 valence electrons. The second kappa shape index (κ2) is 6.15. The summed E-state index contributed by atoms with van der Waals surface area (Å²) in [6.45, 7) is 6.40. The van der Waals surface area contributed by atoms with Crippen LogP contribution < -0.4 is 16.2 Å². The van der Waals surface area contributed by atoms with Gasteiger partial charge in [-0.1, -0.05) is 5.10 Å². The lowest BCUT2D eigenvalue weighted by atomic mass is 10.2. The van der Waals surface area contributed by atoms with Gasteiger partial charge in [-0.2, -0.15) is 0 Å². The van der Waals surface area contributed by atoms with Crippen molar-refractivity contribution in [2.24, 2.45) is 5.84 Å². The molecule has 1 heterocycles. The summed E-state index contributed by atoms with van der Waals surface area (Å²) in [4.78, 5) is 11.3. The Labute approximate surface area is 105 Å². The number of nitrogens with zero attached hydrogens (tertiary/aromatic N) is 4. The molecular formula is C9H19N7O2. The summed E-state index contributed by atoms with van der Waals surface area (Å²) in [6.07, 6.45) is 0.212. The maximum Gasteiger partial charge on any atom is 0.407 e. The van der Waals surface area contributed by atoms with Crippen molar-refractivity contribution in [1.29, 1.82) is 0 Å². The van der Waals surface area contributed by atoms with Crippen LogP contribution in [-0.4, -0.2) is 45.4 Å². The van der Waals surface area contributed by atoms with Crippen LogP contribution in [0.1, 0.15) is 27.2 Å². The molecule has 0 aliphatic carbocycles. The Morgan fingerprint density at radius 3 is 2.83 bits per heavy atom. The number of nitrogens with one attached hydrogen (secondary N) is 2. The average Bonchev–Trinajstić information content (AvgIpc) is 2.74. The summed E-state index contributed by atoms with van der Waals surface area (Å²) in [5, 5.41) is 17.0. The number of rotatable bonds is 5. The molecule has 0 spiro atoms. The van der Waals surface area contributed by atoms with Crippen molar-refractivity contribution in [1.82, 2.24) is 25.9 Å². The Kier molecular flexibility index (Phi) is 4.84. The average molecular weight is 257 g/mol. The minimum absolute atomic E-state index is 0.382. The topological polar surface area (TPSA) is 122 Å². The predicted molar refractivity (Wildman–Crippen MR) is 64.6 cm³/mol. The van der Waals surface area contributed by atoms with Crippen LogP contribution in [0.4, 0.5) is 10.7 Å². The van der Waals surface area contributed by atoms with Crippen LogP contribution in [0.2, 0.25) is 0 Å². The van der Waals surface area contributed by atoms with Crippen molar-refractivity contribution >= 4 is 12.0 Å². The Hall–Kier alpha value is -1.90. The van der Waals surface area contributed by atoms with Gasteiger partial charge in [0.2, 0.25) is 0 Å². The first-order valence-corrected chi connectivity index (χ1v) is 5.61. The van der Waals surface area contributed by atoms with Crippen LogP contribution >= 0.6 is 0 Å². The molecule has 18 heavy (non-hydrogen) atoms. The van der Waals surface area contributed by atoms with E-state index in [4.69, 9.17) is 10.6 Å². The molecule has 9 nitrogen and oxygen atoms in total. The fourth-order valence-corrected chi connectivity index (χ4v) is 1.14. The number of carbonyl (C=O) groups excluding carboxylic acids is 1. The van der Waals surface area contributed by atoms with Gasteiger partial charge in [0.15, 0.2) is 0 Å². The highest BCUT2D eigenvalue weighted by Gasteiger charge is 2.15. The number of hydrogen-bond donors (Lipinski definition) is 3. The van der Waals surface area contributed by atoms with E-state index in [9.17, 15) is 4.79 Å². The minimum Gasteiger partial charge on any atom is -0.444 e. The van der Waals surface area contributed by atoms with Gasteiger partial charge in [-0.3, -0.25) is 5.01 Å². The summed E-state index contributed by atoms with van der Waals surface area (Å²) in [6, 6.07) is 0. The first kappa shape index (κ1) is 14.2. The van der Waals surface area contributed by atoms with Crippen molar-refractivity contribution < 1.29 is 9.53 Å². The third-order valence-electron chi connectivity index (χ3n) is 1.85. The maximum atomic E-state index is 11.3. The van der Waals surface area contributed by atoms with Crippen LogP contribution in [0.5, 0.6) is 0 Å². The molecular weight excluding hydrogens is 238 g/mol. The van der Waals surface area contributed by atoms with E-state index in [1.807, 2.05) is 20.8 Å². The SMILES string of the molecule is CC(C)(C)OC(=O)NCCCN(N)c1nnn[nH]1. The van der Waals surface area contributed by atoms with Gasteiger partial charge in [0.1, 0.15) is 5.60 Å². The van der Waals surface area contributed by atoms with E-state index in [-0.39, 0.29) is 0 Å². The molecule has 0 unspecified atom stereocenters. The zero-order valence-corrected chi connectivity index (χ0v) is 10.8. The number of nitrogens with two attached hydrogens (primary N) is 1. The number of H-pyrrole nitrogens is 1. The maximum absolute atomic E-state index is 11.3. The number of hydrazine groups is 1. The van der Waals surface area contributed by atoms with E-state index in [2.05, 4.69) is 25.9 Å². The minimum atomic E-state index is -0.491. The van der Waals surface area contributed by atoms with Crippen LogP contribution in [0.3, 0.4) is 0 Å². The van der Waals surface area contributed by atoms with Crippen molar-refractivity contribution in [3.05, 3.63) is 0 Å². The summed E-state index contributed by atoms with van der Waals surface area (Å²) < 4.78 is 5.08. The molecule has 0 saturated carbocycles. The van der Waals surface area contributed by atoms with Crippen LogP contribution in [0, 0.1) is 0 Å². The number of tetrazole rings is 1. The van der Waals surface area contributed by atoms with E-state index < -0.39 is 11.7 Å². The quantitative estimate of drug-likeness (QED) is 0.379. The Morgan fingerprint density at radius 1 is 1.56 bits per heavy atom. The number of anilines is 1. The molecule has 4 N–H and O–H groups in total. The number of amides is 1. The molecule has 0 saturated heterocycles. The van der Waals surface area contributed by atoms with Crippen molar-refractivity contribution in [3.63, 3.8) is 0 Å². The van der Waals surface area contributed by atoms with Crippen molar-refractivity contribution in [2.75, 3.05) is 18.1 Å². The number of aromatic nitrogens is 4. The Morgan fingerprint density at radius 2 is 2.28 bits per heavy atom. The molecule has 0 bridgehead atoms. The Balaban J connectivity index is 2.14. The molecule has 0 radical (unpaired) electrons. The molecule has 0 aliphatic heterocycles. The highest BCUT2D eigenvalue weighted by Crippen LogP contribution is 2.06. The largest absolute Gasteiger partial charge is 0.444 e. The van der Waals surface area contributed by atoms with Gasteiger partial charge in [-0.05, 0) is 37.6 Å². The molecule has 0 fully saturated rings. The van der Waals surface area contributed by atoms with Gasteiger partial charge in [-0.15, -0.1) is 0 Å². The molecule has 0 aromatic carbocycles. The van der Waals surface area contributed by atoms with E-state index >= 15 is 0 Å². The van der Waals surface area contributed by atoms with Crippen LogP contribution in [0.15, 0.2) is 0 Å². The third-order valence-corrected chi connectivity index (χ3v) is 1.85. The molecule has 0 aliphatic rings. The lowest BCUT2D eigenvalue weighted by Crippen LogP contribution is -2.37. The highest BCUT2D eigenvalue weighted by molar-refractivity contribution is 5.67. The van der Waals surface area contributed by atoms with Gasteiger partial charge >= 0.3 is 6.09 Å². The van der Waals surface area contributed by atoms with Crippen LogP contribution in [-0.2, 0) is 4.74 Å². The van der Waals surface area contributed by atoms with Crippen molar-refractivity contribution in [3.8, 4) is 0 Å². The summed E-state index contributed by atoms with van der Waals surface area (Å²) in [5.41, 5.74) is -0.491. The zero-order valence-electron chi connectivity index (χ0n) is 10.8. The molecule has 9 heteroatoms. The van der Waals surface area contributed by atoms with Crippen molar-refractivity contribution in [2.45, 2.75) is 32.8 Å². The Bertz CT molecular complexity index is 359. The number of carbonyl (C=O) groups is 1. The number of aromatic amines is 1. The fourth-order valence-electron chi connectivity index (χ4n) is 1.14. The van der Waals surface area contributed by atoms with Crippen LogP contribution in [0.25, 0.3) is 0 Å². The molecule has 1 amide bonds. The van der Waals surface area contributed by atoms with E-state index in [1.165, 1.54) is 5.01 Å². The highest BCUT2D eigenvalue weighted by atomic mass is 16.6. The summed E-state index contributed by atoms with van der Waals surface area (Å²) in [5.74, 6) is 6.06. The first-order valence-electron chi connectivity index (χ1n) is 5.61. The number of hydrogen-bond acceptors (Lipinski definition) is 7. The van der Waals surface area contributed by atoms with Gasteiger partial charge in [-0.25, -0.2) is 15.7 Å².